The van der Waals surface area contributed by atoms with Crippen LogP contribution in [0.5, 0.6) is 0 Å². The molecule has 2 N–H and O–H groups in total. The highest BCUT2D eigenvalue weighted by molar-refractivity contribution is 9.10. The standard InChI is InChI=1S/C16H13BrFN5/c1-10-8-13(6-7-14(10)17)20-15-9-19-23-16(22-15)21-12-4-2-11(18)3-5-12/h2-9H,1H3,(H2,20,21,22,23). The summed E-state index contributed by atoms with van der Waals surface area (Å²) in [6.45, 7) is 2.01. The molecule has 1 aromatic heterocycles. The molecular formula is C16H13BrFN5. The number of hydrogen-bond acceptors (Lipinski definition) is 5. The van der Waals surface area contributed by atoms with Gasteiger partial charge in [-0.25, -0.2) is 4.39 Å². The normalized spacial score (nSPS) is 10.4. The lowest BCUT2D eigenvalue weighted by molar-refractivity contribution is 0.628. The largest absolute Gasteiger partial charge is 0.339 e. The molecule has 0 amide bonds. The third kappa shape index (κ3) is 4.01. The maximum absolute atomic E-state index is 12.9. The molecule has 0 spiro atoms. The first kappa shape index (κ1) is 15.4. The average molecular weight is 374 g/mol. The van der Waals surface area contributed by atoms with Crippen molar-refractivity contribution in [2.75, 3.05) is 10.6 Å². The lowest BCUT2D eigenvalue weighted by Gasteiger charge is -2.09. The number of aromatic nitrogens is 3. The zero-order valence-corrected chi connectivity index (χ0v) is 13.8. The Bertz CT molecular complexity index is 823. The molecule has 7 heteroatoms. The summed E-state index contributed by atoms with van der Waals surface area (Å²) in [6.07, 6.45) is 1.53. The van der Waals surface area contributed by atoms with Gasteiger partial charge in [0.2, 0.25) is 5.95 Å². The van der Waals surface area contributed by atoms with Crippen molar-refractivity contribution >= 4 is 39.1 Å². The monoisotopic (exact) mass is 373 g/mol. The molecule has 2 aromatic carbocycles. The fraction of sp³-hybridized carbons (Fsp3) is 0.0625. The van der Waals surface area contributed by atoms with Crippen LogP contribution in [0, 0.1) is 12.7 Å². The van der Waals surface area contributed by atoms with Gasteiger partial charge in [-0.1, -0.05) is 15.9 Å². The second kappa shape index (κ2) is 6.70. The molecule has 1 heterocycles. The van der Waals surface area contributed by atoms with E-state index in [2.05, 4.69) is 41.7 Å². The van der Waals surface area contributed by atoms with Crippen LogP contribution in [0.1, 0.15) is 5.56 Å². The lowest BCUT2D eigenvalue weighted by Crippen LogP contribution is -2.02. The highest BCUT2D eigenvalue weighted by Crippen LogP contribution is 2.22. The Morgan fingerprint density at radius 3 is 2.48 bits per heavy atom. The number of rotatable bonds is 4. The summed E-state index contributed by atoms with van der Waals surface area (Å²) in [5.41, 5.74) is 2.70. The van der Waals surface area contributed by atoms with Crippen LogP contribution in [-0.2, 0) is 0 Å². The molecule has 0 saturated carbocycles. The number of halogens is 2. The van der Waals surface area contributed by atoms with Crippen molar-refractivity contribution < 1.29 is 4.39 Å². The van der Waals surface area contributed by atoms with Crippen LogP contribution in [0.2, 0.25) is 0 Å². The van der Waals surface area contributed by atoms with E-state index in [0.717, 1.165) is 15.7 Å². The van der Waals surface area contributed by atoms with Crippen molar-refractivity contribution in [1.29, 1.82) is 0 Å². The summed E-state index contributed by atoms with van der Waals surface area (Å²) in [7, 11) is 0. The highest BCUT2D eigenvalue weighted by Gasteiger charge is 2.03. The molecule has 23 heavy (non-hydrogen) atoms. The predicted molar refractivity (Wildman–Crippen MR) is 91.7 cm³/mol. The molecule has 0 aliphatic heterocycles. The van der Waals surface area contributed by atoms with Gasteiger partial charge in [0.1, 0.15) is 5.82 Å². The Kier molecular flexibility index (Phi) is 4.47. The number of aryl methyl sites for hydroxylation is 1. The van der Waals surface area contributed by atoms with E-state index in [1.165, 1.54) is 18.3 Å². The Labute approximate surface area is 141 Å². The molecule has 0 bridgehead atoms. The van der Waals surface area contributed by atoms with Crippen LogP contribution in [-0.4, -0.2) is 15.2 Å². The van der Waals surface area contributed by atoms with E-state index in [1.807, 2.05) is 25.1 Å². The molecule has 0 radical (unpaired) electrons. The van der Waals surface area contributed by atoms with Crippen LogP contribution in [0.3, 0.4) is 0 Å². The van der Waals surface area contributed by atoms with Crippen molar-refractivity contribution in [1.82, 2.24) is 15.2 Å². The van der Waals surface area contributed by atoms with Gasteiger partial charge in [-0.2, -0.15) is 10.1 Å². The fourth-order valence-corrected chi connectivity index (χ4v) is 2.20. The first-order valence-corrected chi connectivity index (χ1v) is 7.65. The minimum Gasteiger partial charge on any atom is -0.339 e. The van der Waals surface area contributed by atoms with Gasteiger partial charge in [-0.15, -0.1) is 5.10 Å². The number of nitrogens with zero attached hydrogens (tertiary/aromatic N) is 3. The molecule has 0 aliphatic carbocycles. The van der Waals surface area contributed by atoms with Crippen molar-refractivity contribution in [3.05, 3.63) is 64.5 Å². The molecular weight excluding hydrogens is 361 g/mol. The van der Waals surface area contributed by atoms with Gasteiger partial charge in [0, 0.05) is 15.8 Å². The van der Waals surface area contributed by atoms with Crippen molar-refractivity contribution in [3.8, 4) is 0 Å². The zero-order chi connectivity index (χ0) is 16.2. The Hall–Kier alpha value is -2.54. The summed E-state index contributed by atoms with van der Waals surface area (Å²) >= 11 is 3.47. The smallest absolute Gasteiger partial charge is 0.249 e. The summed E-state index contributed by atoms with van der Waals surface area (Å²) < 4.78 is 14.0. The molecule has 0 fully saturated rings. The number of benzene rings is 2. The van der Waals surface area contributed by atoms with Gasteiger partial charge >= 0.3 is 0 Å². The van der Waals surface area contributed by atoms with Crippen LogP contribution >= 0.6 is 15.9 Å². The van der Waals surface area contributed by atoms with Gasteiger partial charge in [0.05, 0.1) is 6.20 Å². The fourth-order valence-electron chi connectivity index (χ4n) is 1.95. The SMILES string of the molecule is Cc1cc(Nc2cnnc(Nc3ccc(F)cc3)n2)ccc1Br. The first-order chi connectivity index (χ1) is 11.1. The molecule has 0 atom stereocenters. The molecule has 0 aliphatic rings. The van der Waals surface area contributed by atoms with Gasteiger partial charge in [0.15, 0.2) is 5.82 Å². The van der Waals surface area contributed by atoms with Crippen LogP contribution < -0.4 is 10.6 Å². The van der Waals surface area contributed by atoms with E-state index in [-0.39, 0.29) is 5.82 Å². The van der Waals surface area contributed by atoms with E-state index >= 15 is 0 Å². The maximum Gasteiger partial charge on any atom is 0.249 e. The van der Waals surface area contributed by atoms with E-state index < -0.39 is 0 Å². The van der Waals surface area contributed by atoms with Crippen molar-refractivity contribution in [2.45, 2.75) is 6.92 Å². The third-order valence-corrected chi connectivity index (χ3v) is 3.98. The van der Waals surface area contributed by atoms with Gasteiger partial charge in [0.25, 0.3) is 0 Å². The summed E-state index contributed by atoms with van der Waals surface area (Å²) in [4.78, 5) is 4.34. The number of nitrogens with one attached hydrogen (secondary N) is 2. The van der Waals surface area contributed by atoms with E-state index in [4.69, 9.17) is 0 Å². The van der Waals surface area contributed by atoms with E-state index in [0.29, 0.717) is 17.5 Å². The summed E-state index contributed by atoms with van der Waals surface area (Å²) in [5.74, 6) is 0.595. The van der Waals surface area contributed by atoms with Crippen LogP contribution in [0.4, 0.5) is 27.5 Å². The molecule has 3 aromatic rings. The second-order valence-electron chi connectivity index (χ2n) is 4.89. The third-order valence-electron chi connectivity index (χ3n) is 3.09. The lowest BCUT2D eigenvalue weighted by atomic mass is 10.2. The first-order valence-electron chi connectivity index (χ1n) is 6.86. The Morgan fingerprint density at radius 2 is 1.74 bits per heavy atom. The van der Waals surface area contributed by atoms with Gasteiger partial charge < -0.3 is 10.6 Å². The molecule has 0 unspecified atom stereocenters. The van der Waals surface area contributed by atoms with Crippen molar-refractivity contribution in [2.24, 2.45) is 0 Å². The highest BCUT2D eigenvalue weighted by atomic mass is 79.9. The zero-order valence-electron chi connectivity index (χ0n) is 12.2. The topological polar surface area (TPSA) is 62.7 Å². The average Bonchev–Trinajstić information content (AvgIpc) is 2.54. The van der Waals surface area contributed by atoms with Gasteiger partial charge in [-0.3, -0.25) is 0 Å². The maximum atomic E-state index is 12.9. The Morgan fingerprint density at radius 1 is 1.00 bits per heavy atom. The minimum absolute atomic E-state index is 0.296. The van der Waals surface area contributed by atoms with Crippen LogP contribution in [0.15, 0.2) is 53.1 Å². The van der Waals surface area contributed by atoms with Crippen molar-refractivity contribution in [3.63, 3.8) is 0 Å². The second-order valence-corrected chi connectivity index (χ2v) is 5.74. The summed E-state index contributed by atoms with van der Waals surface area (Å²) in [5, 5.41) is 14.0. The Balaban J connectivity index is 1.76. The summed E-state index contributed by atoms with van der Waals surface area (Å²) in [6, 6.07) is 11.8. The van der Waals surface area contributed by atoms with E-state index in [1.54, 1.807) is 12.1 Å². The minimum atomic E-state index is -0.296. The molecule has 0 saturated heterocycles. The quantitative estimate of drug-likeness (QED) is 0.701. The molecule has 5 nitrogen and oxygen atoms in total. The van der Waals surface area contributed by atoms with Gasteiger partial charge in [-0.05, 0) is 55.0 Å². The van der Waals surface area contributed by atoms with Crippen LogP contribution in [0.25, 0.3) is 0 Å². The molecule has 116 valence electrons. The molecule has 3 rings (SSSR count). The predicted octanol–water partition coefficient (Wildman–Crippen LogP) is 4.57. The number of anilines is 4. The van der Waals surface area contributed by atoms with E-state index in [9.17, 15) is 4.39 Å². The number of hydrogen-bond donors (Lipinski definition) is 2.